The number of aliphatic hydroxyl groups excluding tert-OH is 1. The summed E-state index contributed by atoms with van der Waals surface area (Å²) in [5.74, 6) is 0. The molecule has 0 saturated heterocycles. The number of hydrogen-bond acceptors (Lipinski definition) is 3. The first-order valence-corrected chi connectivity index (χ1v) is 6.83. The molecule has 0 radical (unpaired) electrons. The zero-order valence-corrected chi connectivity index (χ0v) is 11.4. The van der Waals surface area contributed by atoms with Crippen molar-refractivity contribution in [2.45, 2.75) is 51.3 Å². The monoisotopic (exact) mass is 246 g/mol. The van der Waals surface area contributed by atoms with Gasteiger partial charge in [-0.15, -0.1) is 0 Å². The smallest absolute Gasteiger partial charge is 0.142 e. The Bertz CT molecular complexity index is 415. The van der Waals surface area contributed by atoms with Crippen LogP contribution in [-0.2, 0) is 6.54 Å². The van der Waals surface area contributed by atoms with Crippen LogP contribution in [0.2, 0.25) is 0 Å². The van der Waals surface area contributed by atoms with Gasteiger partial charge in [0.1, 0.15) is 7.85 Å². The first-order valence-electron chi connectivity index (χ1n) is 6.83. The highest BCUT2D eigenvalue weighted by Crippen LogP contribution is 2.19. The van der Waals surface area contributed by atoms with E-state index < -0.39 is 0 Å². The van der Waals surface area contributed by atoms with E-state index in [2.05, 4.69) is 32.2 Å². The first-order chi connectivity index (χ1) is 8.56. The number of hydrogen-bond donors (Lipinski definition) is 3. The molecule has 0 heterocycles. The first kappa shape index (κ1) is 13.4. The van der Waals surface area contributed by atoms with Crippen LogP contribution in [0.1, 0.15) is 36.8 Å². The second kappa shape index (κ2) is 5.76. The van der Waals surface area contributed by atoms with Gasteiger partial charge in [-0.3, -0.25) is 0 Å². The molecule has 0 spiro atoms. The van der Waals surface area contributed by atoms with E-state index in [9.17, 15) is 5.11 Å². The Kier molecular flexibility index (Phi) is 4.30. The Labute approximate surface area is 110 Å². The van der Waals surface area contributed by atoms with Gasteiger partial charge in [0.25, 0.3) is 0 Å². The van der Waals surface area contributed by atoms with E-state index in [1.54, 1.807) is 0 Å². The second-order valence-electron chi connectivity index (χ2n) is 5.54. The predicted molar refractivity (Wildman–Crippen MR) is 78.9 cm³/mol. The van der Waals surface area contributed by atoms with Crippen LogP contribution in [0.25, 0.3) is 0 Å². The van der Waals surface area contributed by atoms with Crippen LogP contribution < -0.4 is 16.5 Å². The molecule has 3 nitrogen and oxygen atoms in total. The van der Waals surface area contributed by atoms with E-state index in [-0.39, 0.29) is 6.10 Å². The molecule has 1 aromatic carbocycles. The predicted octanol–water partition coefficient (Wildman–Crippen LogP) is 0.229. The van der Waals surface area contributed by atoms with Crippen molar-refractivity contribution in [3.63, 3.8) is 0 Å². The quantitative estimate of drug-likeness (QED) is 0.528. The average molecular weight is 246 g/mol. The lowest BCUT2D eigenvalue weighted by molar-refractivity contribution is 0.116. The molecule has 4 N–H and O–H groups in total. The number of aliphatic hydroxyl groups is 1. The highest BCUT2D eigenvalue weighted by molar-refractivity contribution is 6.35. The minimum Gasteiger partial charge on any atom is -0.399 e. The fraction of sp³-hybridized carbons (Fsp3) is 0.571. The standard InChI is InChI=1S/C14H23BN2O/c1-9-6-10(14(16)13(15)7-9)8-17-11-2-4-12(18)5-3-11/h6-7,11-12,17-18H,2-5,8,15-16H2,1H3/t11-,12-. The van der Waals surface area contributed by atoms with Crippen LogP contribution in [0.4, 0.5) is 5.69 Å². The fourth-order valence-electron chi connectivity index (χ4n) is 2.75. The van der Waals surface area contributed by atoms with Crippen LogP contribution in [0.5, 0.6) is 0 Å². The Hall–Kier alpha value is -0.995. The van der Waals surface area contributed by atoms with Crippen molar-refractivity contribution in [1.82, 2.24) is 5.32 Å². The molecule has 0 unspecified atom stereocenters. The van der Waals surface area contributed by atoms with Crippen LogP contribution in [0, 0.1) is 6.92 Å². The highest BCUT2D eigenvalue weighted by Gasteiger charge is 2.18. The van der Waals surface area contributed by atoms with E-state index in [1.165, 1.54) is 11.1 Å². The lowest BCUT2D eigenvalue weighted by Crippen LogP contribution is -2.34. The molecule has 4 heteroatoms. The molecule has 0 amide bonds. The maximum atomic E-state index is 9.48. The Morgan fingerprint density at radius 3 is 2.67 bits per heavy atom. The molecule has 1 saturated carbocycles. The normalized spacial score (nSPS) is 24.1. The van der Waals surface area contributed by atoms with E-state index in [1.807, 2.05) is 0 Å². The van der Waals surface area contributed by atoms with E-state index in [0.717, 1.165) is 43.4 Å². The minimum atomic E-state index is -0.0886. The zero-order valence-electron chi connectivity index (χ0n) is 11.4. The number of nitrogens with one attached hydrogen (secondary N) is 1. The van der Waals surface area contributed by atoms with Crippen LogP contribution in [-0.4, -0.2) is 25.1 Å². The molecule has 1 fully saturated rings. The van der Waals surface area contributed by atoms with Gasteiger partial charge in [-0.25, -0.2) is 0 Å². The van der Waals surface area contributed by atoms with Crippen LogP contribution in [0.3, 0.4) is 0 Å². The summed E-state index contributed by atoms with van der Waals surface area (Å²) in [5, 5.41) is 13.0. The SMILES string of the molecule is Bc1cc(C)cc(CN[C@H]2CC[C@H](O)CC2)c1N. The van der Waals surface area contributed by atoms with Gasteiger partial charge in [-0.1, -0.05) is 23.2 Å². The van der Waals surface area contributed by atoms with E-state index >= 15 is 0 Å². The summed E-state index contributed by atoms with van der Waals surface area (Å²) in [7, 11) is 2.06. The highest BCUT2D eigenvalue weighted by atomic mass is 16.3. The van der Waals surface area contributed by atoms with Crippen LogP contribution >= 0.6 is 0 Å². The molecule has 0 bridgehead atoms. The molecule has 1 aliphatic rings. The van der Waals surface area contributed by atoms with Gasteiger partial charge < -0.3 is 16.2 Å². The van der Waals surface area contributed by atoms with Crippen molar-refractivity contribution < 1.29 is 5.11 Å². The summed E-state index contributed by atoms with van der Waals surface area (Å²) in [5.41, 5.74) is 10.6. The molecule has 2 rings (SSSR count). The third kappa shape index (κ3) is 3.27. The summed E-state index contributed by atoms with van der Waals surface area (Å²) < 4.78 is 0. The van der Waals surface area contributed by atoms with Gasteiger partial charge in [-0.05, 0) is 38.2 Å². The molecule has 0 aliphatic heterocycles. The fourth-order valence-corrected chi connectivity index (χ4v) is 2.75. The van der Waals surface area contributed by atoms with Crippen molar-refractivity contribution in [2.24, 2.45) is 0 Å². The Balaban J connectivity index is 1.94. The maximum absolute atomic E-state index is 9.48. The number of rotatable bonds is 3. The third-order valence-corrected chi connectivity index (χ3v) is 3.89. The van der Waals surface area contributed by atoms with Gasteiger partial charge in [0.2, 0.25) is 0 Å². The van der Waals surface area contributed by atoms with E-state index in [4.69, 9.17) is 5.73 Å². The molecule has 0 atom stereocenters. The number of nitrogen functional groups attached to an aromatic ring is 1. The zero-order chi connectivity index (χ0) is 13.1. The topological polar surface area (TPSA) is 58.3 Å². The average Bonchev–Trinajstić information content (AvgIpc) is 2.34. The summed E-state index contributed by atoms with van der Waals surface area (Å²) >= 11 is 0. The number of aryl methyl sites for hydroxylation is 1. The lowest BCUT2D eigenvalue weighted by atomic mass is 9.89. The lowest BCUT2D eigenvalue weighted by Gasteiger charge is -2.26. The van der Waals surface area contributed by atoms with Crippen molar-refractivity contribution in [3.05, 3.63) is 23.3 Å². The molecular formula is C14H23BN2O. The molecule has 1 aromatic rings. The van der Waals surface area contributed by atoms with Crippen molar-refractivity contribution in [1.29, 1.82) is 0 Å². The van der Waals surface area contributed by atoms with Gasteiger partial charge >= 0.3 is 0 Å². The largest absolute Gasteiger partial charge is 0.399 e. The molecule has 1 aliphatic carbocycles. The summed E-state index contributed by atoms with van der Waals surface area (Å²) in [6, 6.07) is 4.80. The Morgan fingerprint density at radius 2 is 2.00 bits per heavy atom. The number of benzene rings is 1. The van der Waals surface area contributed by atoms with Crippen molar-refractivity contribution in [2.75, 3.05) is 5.73 Å². The van der Waals surface area contributed by atoms with E-state index in [0.29, 0.717) is 6.04 Å². The minimum absolute atomic E-state index is 0.0886. The summed E-state index contributed by atoms with van der Waals surface area (Å²) in [6.45, 7) is 2.93. The van der Waals surface area contributed by atoms with Gasteiger partial charge in [0.05, 0.1) is 6.10 Å². The summed E-state index contributed by atoms with van der Waals surface area (Å²) in [6.07, 6.45) is 3.87. The van der Waals surface area contributed by atoms with Crippen LogP contribution in [0.15, 0.2) is 12.1 Å². The molecular weight excluding hydrogens is 223 g/mol. The van der Waals surface area contributed by atoms with Crippen molar-refractivity contribution >= 4 is 19.0 Å². The third-order valence-electron chi connectivity index (χ3n) is 3.89. The maximum Gasteiger partial charge on any atom is 0.142 e. The van der Waals surface area contributed by atoms with Gasteiger partial charge in [-0.2, -0.15) is 0 Å². The number of nitrogens with two attached hydrogens (primary N) is 1. The molecule has 98 valence electrons. The second-order valence-corrected chi connectivity index (χ2v) is 5.54. The Morgan fingerprint density at radius 1 is 1.33 bits per heavy atom. The molecule has 0 aromatic heterocycles. The number of anilines is 1. The molecule has 18 heavy (non-hydrogen) atoms. The van der Waals surface area contributed by atoms with Crippen molar-refractivity contribution in [3.8, 4) is 0 Å². The van der Waals surface area contributed by atoms with Gasteiger partial charge in [0, 0.05) is 18.3 Å². The van der Waals surface area contributed by atoms with Gasteiger partial charge in [0.15, 0.2) is 0 Å². The summed E-state index contributed by atoms with van der Waals surface area (Å²) in [4.78, 5) is 0.